The molecule has 0 unspecified atom stereocenters. The number of hydrogen-bond donors (Lipinski definition) is 2. The van der Waals surface area contributed by atoms with Crippen LogP contribution in [0.2, 0.25) is 0 Å². The topological polar surface area (TPSA) is 112 Å². The molecule has 0 aliphatic heterocycles. The number of aromatic nitrogens is 3. The van der Waals surface area contributed by atoms with Crippen molar-refractivity contribution >= 4 is 56.2 Å². The van der Waals surface area contributed by atoms with Gasteiger partial charge in [-0.1, -0.05) is 31.9 Å². The number of esters is 1. The Bertz CT molecular complexity index is 1440. The second-order valence-electron chi connectivity index (χ2n) is 8.86. The van der Waals surface area contributed by atoms with Crippen molar-refractivity contribution < 1.29 is 14.3 Å². The van der Waals surface area contributed by atoms with E-state index in [2.05, 4.69) is 12.2 Å². The quantitative estimate of drug-likeness (QED) is 0.267. The zero-order valence-corrected chi connectivity index (χ0v) is 20.8. The van der Waals surface area contributed by atoms with Crippen molar-refractivity contribution in [1.29, 1.82) is 0 Å². The third kappa shape index (κ3) is 4.14. The molecule has 0 saturated heterocycles. The summed E-state index contributed by atoms with van der Waals surface area (Å²) in [5.41, 5.74) is 10.8. The third-order valence-electron chi connectivity index (χ3n) is 6.59. The van der Waals surface area contributed by atoms with Crippen molar-refractivity contribution in [3.05, 3.63) is 45.8 Å². The summed E-state index contributed by atoms with van der Waals surface area (Å²) in [6, 6.07) is 7.58. The number of nitrogens with two attached hydrogens (primary N) is 1. The van der Waals surface area contributed by atoms with Crippen molar-refractivity contribution in [3.63, 3.8) is 0 Å². The Morgan fingerprint density at radius 3 is 2.60 bits per heavy atom. The van der Waals surface area contributed by atoms with Crippen molar-refractivity contribution in [1.82, 2.24) is 14.5 Å². The lowest BCUT2D eigenvalue weighted by Gasteiger charge is -2.11. The van der Waals surface area contributed by atoms with Crippen LogP contribution in [0.1, 0.15) is 70.2 Å². The maximum absolute atomic E-state index is 13.7. The molecule has 0 saturated carbocycles. The fraction of sp³-hybridized carbons (Fsp3) is 0.385. The molecule has 35 heavy (non-hydrogen) atoms. The van der Waals surface area contributed by atoms with E-state index in [0.717, 1.165) is 60.9 Å². The monoisotopic (exact) mass is 491 g/mol. The predicted octanol–water partition coefficient (Wildman–Crippen LogP) is 5.34. The molecule has 0 atom stereocenters. The molecular formula is C26H29N5O3S. The van der Waals surface area contributed by atoms with Gasteiger partial charge in [0.1, 0.15) is 21.9 Å². The lowest BCUT2D eigenvalue weighted by Crippen LogP contribution is -2.17. The summed E-state index contributed by atoms with van der Waals surface area (Å²) in [5, 5.41) is 3.49. The predicted molar refractivity (Wildman–Crippen MR) is 139 cm³/mol. The number of nitrogens with one attached hydrogen (secondary N) is 1. The number of nitrogens with zero attached hydrogens (tertiary/aromatic N) is 3. The number of thiophene rings is 1. The minimum atomic E-state index is -0.430. The lowest BCUT2D eigenvalue weighted by molar-refractivity contribution is 0.0601. The van der Waals surface area contributed by atoms with Gasteiger partial charge >= 0.3 is 5.97 Å². The van der Waals surface area contributed by atoms with Crippen LogP contribution >= 0.6 is 11.3 Å². The number of methoxy groups -OCH3 is 1. The highest BCUT2D eigenvalue weighted by Gasteiger charge is 2.29. The highest BCUT2D eigenvalue weighted by Crippen LogP contribution is 2.39. The lowest BCUT2D eigenvalue weighted by atomic mass is 9.95. The van der Waals surface area contributed by atoms with Crippen LogP contribution in [-0.4, -0.2) is 33.5 Å². The first kappa shape index (κ1) is 23.3. The summed E-state index contributed by atoms with van der Waals surface area (Å²) < 4.78 is 6.94. The van der Waals surface area contributed by atoms with E-state index < -0.39 is 11.9 Å². The number of carbonyl (C=O) groups excluding carboxylic acids is 2. The van der Waals surface area contributed by atoms with Crippen molar-refractivity contribution in [3.8, 4) is 0 Å². The molecule has 0 radical (unpaired) electrons. The van der Waals surface area contributed by atoms with Crippen LogP contribution in [-0.2, 0) is 24.1 Å². The smallest absolute Gasteiger partial charge is 0.341 e. The van der Waals surface area contributed by atoms with E-state index >= 15 is 0 Å². The van der Waals surface area contributed by atoms with Crippen molar-refractivity contribution in [2.75, 3.05) is 18.2 Å². The SMILES string of the molecule is CCCCCn1c(N)c(C(=O)Nc2sc3c(c2C(=O)OC)CCCC3)c2nc3ccccc3nc21. The molecule has 5 rings (SSSR count). The summed E-state index contributed by atoms with van der Waals surface area (Å²) in [5.74, 6) is -0.486. The minimum absolute atomic E-state index is 0.289. The average Bonchev–Trinajstić information content (AvgIpc) is 3.36. The van der Waals surface area contributed by atoms with Crippen LogP contribution in [0.3, 0.4) is 0 Å². The number of amides is 1. The molecule has 1 aliphatic rings. The highest BCUT2D eigenvalue weighted by atomic mass is 32.1. The van der Waals surface area contributed by atoms with Crippen LogP contribution in [0.5, 0.6) is 0 Å². The fourth-order valence-electron chi connectivity index (χ4n) is 4.82. The molecule has 182 valence electrons. The van der Waals surface area contributed by atoms with Gasteiger partial charge in [-0.05, 0) is 49.8 Å². The maximum Gasteiger partial charge on any atom is 0.341 e. The van der Waals surface area contributed by atoms with Gasteiger partial charge < -0.3 is 20.4 Å². The summed E-state index contributed by atoms with van der Waals surface area (Å²) in [4.78, 5) is 37.0. The Labute approximate surface area is 207 Å². The fourth-order valence-corrected chi connectivity index (χ4v) is 6.10. The van der Waals surface area contributed by atoms with Gasteiger partial charge in [0.05, 0.1) is 23.7 Å². The molecule has 0 bridgehead atoms. The Kier molecular flexibility index (Phi) is 6.42. The largest absolute Gasteiger partial charge is 0.465 e. The number of benzene rings is 1. The molecule has 3 heterocycles. The number of rotatable bonds is 7. The van der Waals surface area contributed by atoms with E-state index in [-0.39, 0.29) is 5.56 Å². The molecule has 0 fully saturated rings. The number of unbranched alkanes of at least 4 members (excludes halogenated alkanes) is 2. The number of carbonyl (C=O) groups is 2. The number of anilines is 2. The van der Waals surface area contributed by atoms with Gasteiger partial charge in [-0.25, -0.2) is 14.8 Å². The highest BCUT2D eigenvalue weighted by molar-refractivity contribution is 7.17. The number of hydrogen-bond acceptors (Lipinski definition) is 7. The summed E-state index contributed by atoms with van der Waals surface area (Å²) in [6.07, 6.45) is 6.83. The van der Waals surface area contributed by atoms with Crippen LogP contribution in [0.15, 0.2) is 24.3 Å². The molecule has 9 heteroatoms. The van der Waals surface area contributed by atoms with E-state index in [1.807, 2.05) is 28.8 Å². The Hall–Kier alpha value is -3.46. The van der Waals surface area contributed by atoms with Gasteiger partial charge in [0, 0.05) is 11.4 Å². The molecule has 1 aromatic carbocycles. The average molecular weight is 492 g/mol. The van der Waals surface area contributed by atoms with E-state index in [0.29, 0.717) is 39.6 Å². The van der Waals surface area contributed by atoms with E-state index in [1.165, 1.54) is 18.4 Å². The second-order valence-corrected chi connectivity index (χ2v) is 9.97. The maximum atomic E-state index is 13.7. The number of ether oxygens (including phenoxy) is 1. The second kappa shape index (κ2) is 9.65. The first-order valence-electron chi connectivity index (χ1n) is 12.1. The molecular weight excluding hydrogens is 462 g/mol. The van der Waals surface area contributed by atoms with Crippen molar-refractivity contribution in [2.24, 2.45) is 0 Å². The van der Waals surface area contributed by atoms with Crippen LogP contribution < -0.4 is 11.1 Å². The van der Waals surface area contributed by atoms with Gasteiger partial charge in [-0.15, -0.1) is 11.3 Å². The number of fused-ring (bicyclic) bond motifs is 3. The zero-order valence-electron chi connectivity index (χ0n) is 20.0. The van der Waals surface area contributed by atoms with Gasteiger partial charge in [0.15, 0.2) is 5.65 Å². The molecule has 1 aliphatic carbocycles. The van der Waals surface area contributed by atoms with Crippen LogP contribution in [0.4, 0.5) is 10.8 Å². The Morgan fingerprint density at radius 1 is 1.11 bits per heavy atom. The molecule has 4 aromatic rings. The van der Waals surface area contributed by atoms with Gasteiger partial charge in [-0.2, -0.15) is 0 Å². The molecule has 3 aromatic heterocycles. The Balaban J connectivity index is 1.61. The summed E-state index contributed by atoms with van der Waals surface area (Å²) >= 11 is 1.45. The first-order valence-corrected chi connectivity index (χ1v) is 12.9. The van der Waals surface area contributed by atoms with E-state index in [1.54, 1.807) is 0 Å². The number of nitrogen functional groups attached to an aromatic ring is 1. The molecule has 8 nitrogen and oxygen atoms in total. The van der Waals surface area contributed by atoms with Gasteiger partial charge in [0.25, 0.3) is 5.91 Å². The minimum Gasteiger partial charge on any atom is -0.465 e. The third-order valence-corrected chi connectivity index (χ3v) is 7.80. The first-order chi connectivity index (χ1) is 17.0. The standard InChI is InChI=1S/C26H29N5O3S/c1-3-4-9-14-31-22(27)20(21-23(31)29-17-12-7-6-11-16(17)28-21)24(32)30-25-19(26(33)34-2)15-10-5-8-13-18(15)35-25/h6-7,11-12H,3-5,8-10,13-14,27H2,1-2H3,(H,30,32). The normalized spacial score (nSPS) is 13.2. The molecule has 0 spiro atoms. The van der Waals surface area contributed by atoms with Gasteiger partial charge in [-0.3, -0.25) is 4.79 Å². The van der Waals surface area contributed by atoms with E-state index in [4.69, 9.17) is 20.4 Å². The number of aryl methyl sites for hydroxylation is 2. The Morgan fingerprint density at radius 2 is 1.86 bits per heavy atom. The zero-order chi connectivity index (χ0) is 24.5. The molecule has 1 amide bonds. The van der Waals surface area contributed by atoms with E-state index in [9.17, 15) is 9.59 Å². The summed E-state index contributed by atoms with van der Waals surface area (Å²) in [7, 11) is 1.36. The van der Waals surface area contributed by atoms with Crippen molar-refractivity contribution in [2.45, 2.75) is 58.4 Å². The number of para-hydroxylation sites is 2. The summed E-state index contributed by atoms with van der Waals surface area (Å²) in [6.45, 7) is 2.79. The van der Waals surface area contributed by atoms with Crippen LogP contribution in [0.25, 0.3) is 22.2 Å². The van der Waals surface area contributed by atoms with Gasteiger partial charge in [0.2, 0.25) is 0 Å². The van der Waals surface area contributed by atoms with Crippen LogP contribution in [0, 0.1) is 0 Å². The molecule has 3 N–H and O–H groups in total.